The molecule has 2 aromatic carbocycles. The number of rotatable bonds is 7. The van der Waals surface area contributed by atoms with Crippen LogP contribution in [0.25, 0.3) is 11.0 Å². The first-order valence-corrected chi connectivity index (χ1v) is 9.29. The van der Waals surface area contributed by atoms with Crippen LogP contribution in [0.2, 0.25) is 0 Å². The van der Waals surface area contributed by atoms with E-state index in [1.807, 2.05) is 42.5 Å². The highest BCUT2D eigenvalue weighted by molar-refractivity contribution is 5.76. The number of nitrogens with zero attached hydrogens (tertiary/aromatic N) is 4. The third-order valence-electron chi connectivity index (χ3n) is 4.88. The maximum absolute atomic E-state index is 10.3. The summed E-state index contributed by atoms with van der Waals surface area (Å²) < 4.78 is 10.5. The zero-order valence-electron chi connectivity index (χ0n) is 15.2. The maximum atomic E-state index is 10.3. The highest BCUT2D eigenvalue weighted by Gasteiger charge is 2.20. The average Bonchev–Trinajstić information content (AvgIpc) is 3.19. The lowest BCUT2D eigenvalue weighted by atomic mass is 10.1. The van der Waals surface area contributed by atoms with Crippen LogP contribution in [-0.2, 0) is 6.54 Å². The van der Waals surface area contributed by atoms with Crippen molar-refractivity contribution < 1.29 is 14.5 Å². The van der Waals surface area contributed by atoms with Crippen LogP contribution in [-0.4, -0.2) is 70.7 Å². The second-order valence-electron chi connectivity index (χ2n) is 6.90. The number of piperazine rings is 1. The van der Waals surface area contributed by atoms with Crippen molar-refractivity contribution in [2.24, 2.45) is 0 Å². The van der Waals surface area contributed by atoms with Gasteiger partial charge in [-0.05, 0) is 34.1 Å². The van der Waals surface area contributed by atoms with Crippen LogP contribution in [0.4, 0.5) is 0 Å². The van der Waals surface area contributed by atoms with Crippen molar-refractivity contribution in [3.05, 3.63) is 54.1 Å². The second kappa shape index (κ2) is 8.47. The molecule has 1 aliphatic rings. The van der Waals surface area contributed by atoms with Crippen molar-refractivity contribution in [3.63, 3.8) is 0 Å². The molecule has 1 aliphatic heterocycles. The molecule has 142 valence electrons. The molecular weight excluding hydrogens is 344 g/mol. The lowest BCUT2D eigenvalue weighted by Crippen LogP contribution is -2.48. The molecule has 2 heterocycles. The lowest BCUT2D eigenvalue weighted by molar-refractivity contribution is 0.0447. The van der Waals surface area contributed by atoms with E-state index in [4.69, 9.17) is 9.37 Å². The fourth-order valence-electron chi connectivity index (χ4n) is 3.42. The van der Waals surface area contributed by atoms with Gasteiger partial charge in [0.2, 0.25) is 0 Å². The molecular formula is C20H24N4O3. The fraction of sp³-hybridized carbons (Fsp3) is 0.400. The Labute approximate surface area is 158 Å². The Morgan fingerprint density at radius 1 is 0.963 bits per heavy atom. The normalized spacial score (nSPS) is 17.2. The van der Waals surface area contributed by atoms with E-state index < -0.39 is 6.10 Å². The quantitative estimate of drug-likeness (QED) is 0.681. The van der Waals surface area contributed by atoms with E-state index in [1.165, 1.54) is 0 Å². The molecule has 7 nitrogen and oxygen atoms in total. The first kappa shape index (κ1) is 17.9. The van der Waals surface area contributed by atoms with Crippen LogP contribution in [0.5, 0.6) is 5.75 Å². The summed E-state index contributed by atoms with van der Waals surface area (Å²) in [4.78, 5) is 4.68. The SMILES string of the molecule is O[C@@H](COc1ccccc1)CN1CCN(Cc2cccc3nonc23)CC1. The highest BCUT2D eigenvalue weighted by atomic mass is 16.6. The zero-order valence-corrected chi connectivity index (χ0v) is 15.2. The van der Waals surface area contributed by atoms with E-state index in [-0.39, 0.29) is 0 Å². The van der Waals surface area contributed by atoms with Gasteiger partial charge in [-0.2, -0.15) is 0 Å². The van der Waals surface area contributed by atoms with E-state index in [1.54, 1.807) is 0 Å². The van der Waals surface area contributed by atoms with Crippen molar-refractivity contribution in [2.45, 2.75) is 12.6 Å². The fourth-order valence-corrected chi connectivity index (χ4v) is 3.42. The minimum atomic E-state index is -0.494. The summed E-state index contributed by atoms with van der Waals surface area (Å²) in [6.07, 6.45) is -0.494. The molecule has 4 rings (SSSR count). The summed E-state index contributed by atoms with van der Waals surface area (Å²) in [6, 6.07) is 15.6. The molecule has 1 aromatic heterocycles. The van der Waals surface area contributed by atoms with E-state index in [2.05, 4.69) is 26.2 Å². The largest absolute Gasteiger partial charge is 0.491 e. The molecule has 0 aliphatic carbocycles. The van der Waals surface area contributed by atoms with Crippen molar-refractivity contribution in [3.8, 4) is 5.75 Å². The molecule has 0 unspecified atom stereocenters. The van der Waals surface area contributed by atoms with Crippen molar-refractivity contribution in [1.82, 2.24) is 20.1 Å². The standard InChI is InChI=1S/C20H24N4O3/c25-17(15-26-18-6-2-1-3-7-18)14-24-11-9-23(10-12-24)13-16-5-4-8-19-20(16)22-27-21-19/h1-8,17,25H,9-15H2/t17-/m1/s1. The van der Waals surface area contributed by atoms with Crippen LogP contribution in [0.1, 0.15) is 5.56 Å². The predicted octanol–water partition coefficient (Wildman–Crippen LogP) is 1.78. The number of hydrogen-bond donors (Lipinski definition) is 1. The Bertz CT molecular complexity index is 847. The van der Waals surface area contributed by atoms with E-state index in [0.29, 0.717) is 13.2 Å². The van der Waals surface area contributed by atoms with Gasteiger partial charge in [-0.15, -0.1) is 0 Å². The molecule has 1 saturated heterocycles. The number of ether oxygens (including phenoxy) is 1. The topological polar surface area (TPSA) is 74.9 Å². The molecule has 27 heavy (non-hydrogen) atoms. The summed E-state index contributed by atoms with van der Waals surface area (Å²) in [6.45, 7) is 5.53. The van der Waals surface area contributed by atoms with E-state index in [9.17, 15) is 5.11 Å². The summed E-state index contributed by atoms with van der Waals surface area (Å²) in [7, 11) is 0. The van der Waals surface area contributed by atoms with Crippen LogP contribution < -0.4 is 4.74 Å². The average molecular weight is 368 g/mol. The molecule has 1 fully saturated rings. The van der Waals surface area contributed by atoms with Crippen LogP contribution in [0, 0.1) is 0 Å². The summed E-state index contributed by atoms with van der Waals surface area (Å²) >= 11 is 0. The Morgan fingerprint density at radius 2 is 1.74 bits per heavy atom. The minimum Gasteiger partial charge on any atom is -0.491 e. The zero-order chi connectivity index (χ0) is 18.5. The molecule has 1 atom stereocenters. The Kier molecular flexibility index (Phi) is 5.62. The summed E-state index contributed by atoms with van der Waals surface area (Å²) in [5.74, 6) is 0.790. The molecule has 1 N–H and O–H groups in total. The first-order valence-electron chi connectivity index (χ1n) is 9.29. The smallest absolute Gasteiger partial charge is 0.139 e. The number of hydrogen-bond acceptors (Lipinski definition) is 7. The lowest BCUT2D eigenvalue weighted by Gasteiger charge is -2.35. The van der Waals surface area contributed by atoms with Gasteiger partial charge >= 0.3 is 0 Å². The van der Waals surface area contributed by atoms with E-state index in [0.717, 1.165) is 55.1 Å². The van der Waals surface area contributed by atoms with Crippen LogP contribution >= 0.6 is 0 Å². The van der Waals surface area contributed by atoms with Gasteiger partial charge in [0, 0.05) is 39.3 Å². The minimum absolute atomic E-state index is 0.311. The van der Waals surface area contributed by atoms with Gasteiger partial charge in [-0.25, -0.2) is 4.63 Å². The van der Waals surface area contributed by atoms with Gasteiger partial charge in [0.1, 0.15) is 29.5 Å². The Hall–Kier alpha value is -2.48. The van der Waals surface area contributed by atoms with Crippen LogP contribution in [0.3, 0.4) is 0 Å². The molecule has 0 bridgehead atoms. The van der Waals surface area contributed by atoms with Gasteiger partial charge in [0.05, 0.1) is 0 Å². The van der Waals surface area contributed by atoms with Crippen molar-refractivity contribution in [2.75, 3.05) is 39.3 Å². The Morgan fingerprint density at radius 3 is 2.56 bits per heavy atom. The van der Waals surface area contributed by atoms with Gasteiger partial charge in [0.25, 0.3) is 0 Å². The monoisotopic (exact) mass is 368 g/mol. The van der Waals surface area contributed by atoms with Gasteiger partial charge in [-0.1, -0.05) is 30.3 Å². The van der Waals surface area contributed by atoms with Crippen LogP contribution in [0.15, 0.2) is 53.2 Å². The Balaban J connectivity index is 1.22. The van der Waals surface area contributed by atoms with Crippen molar-refractivity contribution >= 4 is 11.0 Å². The third kappa shape index (κ3) is 4.63. The first-order chi connectivity index (χ1) is 13.3. The number of fused-ring (bicyclic) bond motifs is 1. The number of benzene rings is 2. The van der Waals surface area contributed by atoms with Crippen molar-refractivity contribution in [1.29, 1.82) is 0 Å². The third-order valence-corrected chi connectivity index (χ3v) is 4.88. The predicted molar refractivity (Wildman–Crippen MR) is 101 cm³/mol. The number of aliphatic hydroxyl groups is 1. The number of aliphatic hydroxyl groups excluding tert-OH is 1. The number of β-amino-alcohol motifs (C(OH)–C–C–N with tert-alkyl or cyclic N) is 1. The summed E-state index contributed by atoms with van der Waals surface area (Å²) in [5, 5.41) is 18.2. The molecule has 0 radical (unpaired) electrons. The summed E-state index contributed by atoms with van der Waals surface area (Å²) in [5.41, 5.74) is 2.78. The molecule has 0 saturated carbocycles. The maximum Gasteiger partial charge on any atom is 0.139 e. The molecule has 0 amide bonds. The van der Waals surface area contributed by atoms with E-state index >= 15 is 0 Å². The van der Waals surface area contributed by atoms with Gasteiger partial charge < -0.3 is 9.84 Å². The number of aromatic nitrogens is 2. The molecule has 0 spiro atoms. The highest BCUT2D eigenvalue weighted by Crippen LogP contribution is 2.17. The van der Waals surface area contributed by atoms with Gasteiger partial charge in [-0.3, -0.25) is 9.80 Å². The second-order valence-corrected chi connectivity index (χ2v) is 6.90. The molecule has 3 aromatic rings. The van der Waals surface area contributed by atoms with Gasteiger partial charge in [0.15, 0.2) is 0 Å². The number of para-hydroxylation sites is 1. The molecule has 7 heteroatoms.